The average molecular weight is 405 g/mol. The van der Waals surface area contributed by atoms with Crippen LogP contribution in [0.1, 0.15) is 30.1 Å². The van der Waals surface area contributed by atoms with Crippen LogP contribution in [0.25, 0.3) is 11.3 Å². The molecule has 30 heavy (non-hydrogen) atoms. The third-order valence-electron chi connectivity index (χ3n) is 5.45. The standard InChI is InChI=1S/C24H27N3O3/c1-18(2)26-12-14-27(15-13-26)21-10-8-20(9-11-21)24(28)29-17-23-25-16-22(30-23)19-6-4-3-5-7-19/h3-11,16,18H,12-15,17H2,1-2H3. The van der Waals surface area contributed by atoms with Crippen LogP contribution in [0.2, 0.25) is 0 Å². The van der Waals surface area contributed by atoms with Crippen molar-refractivity contribution in [3.05, 3.63) is 72.2 Å². The van der Waals surface area contributed by atoms with Crippen LogP contribution in [0.3, 0.4) is 0 Å². The maximum absolute atomic E-state index is 12.4. The molecule has 4 rings (SSSR count). The van der Waals surface area contributed by atoms with Crippen LogP contribution < -0.4 is 4.90 Å². The Morgan fingerprint density at radius 1 is 1.03 bits per heavy atom. The molecule has 0 bridgehead atoms. The fourth-order valence-electron chi connectivity index (χ4n) is 3.63. The summed E-state index contributed by atoms with van der Waals surface area (Å²) in [6.07, 6.45) is 1.65. The molecule has 6 heteroatoms. The lowest BCUT2D eigenvalue weighted by molar-refractivity contribution is 0.0439. The molecule has 1 saturated heterocycles. The Hall–Kier alpha value is -3.12. The molecule has 1 fully saturated rings. The molecule has 0 amide bonds. The van der Waals surface area contributed by atoms with E-state index in [1.165, 1.54) is 0 Å². The molecule has 156 valence electrons. The molecule has 1 aromatic heterocycles. The zero-order valence-corrected chi connectivity index (χ0v) is 17.5. The smallest absolute Gasteiger partial charge is 0.338 e. The Kier molecular flexibility index (Phi) is 6.14. The maximum Gasteiger partial charge on any atom is 0.338 e. The van der Waals surface area contributed by atoms with E-state index in [4.69, 9.17) is 9.15 Å². The van der Waals surface area contributed by atoms with Gasteiger partial charge in [-0.3, -0.25) is 4.90 Å². The fraction of sp³-hybridized carbons (Fsp3) is 0.333. The number of carbonyl (C=O) groups excluding carboxylic acids is 1. The van der Waals surface area contributed by atoms with E-state index in [0.29, 0.717) is 23.3 Å². The number of anilines is 1. The van der Waals surface area contributed by atoms with Crippen LogP contribution in [0.4, 0.5) is 5.69 Å². The van der Waals surface area contributed by atoms with Gasteiger partial charge in [-0.1, -0.05) is 30.3 Å². The van der Waals surface area contributed by atoms with Crippen molar-refractivity contribution in [3.63, 3.8) is 0 Å². The molecule has 0 saturated carbocycles. The molecule has 0 radical (unpaired) electrons. The predicted molar refractivity (Wildman–Crippen MR) is 116 cm³/mol. The minimum absolute atomic E-state index is 0.00454. The van der Waals surface area contributed by atoms with Crippen molar-refractivity contribution >= 4 is 11.7 Å². The highest BCUT2D eigenvalue weighted by Gasteiger charge is 2.19. The van der Waals surface area contributed by atoms with E-state index >= 15 is 0 Å². The van der Waals surface area contributed by atoms with Gasteiger partial charge in [0.2, 0.25) is 5.89 Å². The first kappa shape index (κ1) is 20.2. The van der Waals surface area contributed by atoms with Crippen molar-refractivity contribution in [2.24, 2.45) is 0 Å². The van der Waals surface area contributed by atoms with Crippen molar-refractivity contribution < 1.29 is 13.9 Å². The Labute approximate surface area is 177 Å². The van der Waals surface area contributed by atoms with E-state index in [1.807, 2.05) is 54.6 Å². The summed E-state index contributed by atoms with van der Waals surface area (Å²) < 4.78 is 11.1. The highest BCUT2D eigenvalue weighted by molar-refractivity contribution is 5.89. The number of hydrogen-bond acceptors (Lipinski definition) is 6. The number of aromatic nitrogens is 1. The molecule has 0 spiro atoms. The SMILES string of the molecule is CC(C)N1CCN(c2ccc(C(=O)OCc3ncc(-c4ccccc4)o3)cc2)CC1. The summed E-state index contributed by atoms with van der Waals surface area (Å²) in [6.45, 7) is 8.58. The van der Waals surface area contributed by atoms with E-state index in [-0.39, 0.29) is 12.6 Å². The minimum Gasteiger partial charge on any atom is -0.452 e. The number of oxazole rings is 1. The van der Waals surface area contributed by atoms with Gasteiger partial charge in [0, 0.05) is 43.5 Å². The molecule has 6 nitrogen and oxygen atoms in total. The molecule has 0 N–H and O–H groups in total. The van der Waals surface area contributed by atoms with Gasteiger partial charge >= 0.3 is 5.97 Å². The molecule has 1 aliphatic heterocycles. The third kappa shape index (κ3) is 4.71. The Bertz CT molecular complexity index is 959. The van der Waals surface area contributed by atoms with E-state index in [9.17, 15) is 4.79 Å². The number of nitrogens with zero attached hydrogens (tertiary/aromatic N) is 3. The summed E-state index contributed by atoms with van der Waals surface area (Å²) in [5.41, 5.74) is 2.59. The molecular weight excluding hydrogens is 378 g/mol. The topological polar surface area (TPSA) is 58.8 Å². The first-order valence-electron chi connectivity index (χ1n) is 10.4. The number of esters is 1. The van der Waals surface area contributed by atoms with Gasteiger partial charge in [0.1, 0.15) is 0 Å². The van der Waals surface area contributed by atoms with Crippen molar-refractivity contribution in [3.8, 4) is 11.3 Å². The van der Waals surface area contributed by atoms with Gasteiger partial charge in [-0.15, -0.1) is 0 Å². The first-order valence-corrected chi connectivity index (χ1v) is 10.4. The van der Waals surface area contributed by atoms with Gasteiger partial charge < -0.3 is 14.1 Å². The quantitative estimate of drug-likeness (QED) is 0.572. The van der Waals surface area contributed by atoms with Crippen LogP contribution >= 0.6 is 0 Å². The van der Waals surface area contributed by atoms with Gasteiger partial charge in [-0.25, -0.2) is 9.78 Å². The molecule has 1 aliphatic rings. The van der Waals surface area contributed by atoms with Crippen molar-refractivity contribution in [1.29, 1.82) is 0 Å². The summed E-state index contributed by atoms with van der Waals surface area (Å²) in [7, 11) is 0. The second-order valence-electron chi connectivity index (χ2n) is 7.72. The van der Waals surface area contributed by atoms with Gasteiger partial charge in [0.15, 0.2) is 12.4 Å². The number of ether oxygens (including phenoxy) is 1. The second-order valence-corrected chi connectivity index (χ2v) is 7.72. The van der Waals surface area contributed by atoms with Crippen LogP contribution in [-0.2, 0) is 11.3 Å². The van der Waals surface area contributed by atoms with Crippen molar-refractivity contribution in [2.45, 2.75) is 26.5 Å². The van der Waals surface area contributed by atoms with Crippen LogP contribution in [0.5, 0.6) is 0 Å². The maximum atomic E-state index is 12.4. The summed E-state index contributed by atoms with van der Waals surface area (Å²) in [6, 6.07) is 17.9. The molecule has 0 unspecified atom stereocenters. The summed E-state index contributed by atoms with van der Waals surface area (Å²) in [4.78, 5) is 21.4. The monoisotopic (exact) mass is 405 g/mol. The lowest BCUT2D eigenvalue weighted by atomic mass is 10.1. The lowest BCUT2D eigenvalue weighted by Gasteiger charge is -2.38. The van der Waals surface area contributed by atoms with Gasteiger partial charge in [0.05, 0.1) is 11.8 Å². The Morgan fingerprint density at radius 2 is 1.73 bits per heavy atom. The molecular formula is C24H27N3O3. The van der Waals surface area contributed by atoms with Crippen LogP contribution in [0, 0.1) is 0 Å². The number of piperazine rings is 1. The van der Waals surface area contributed by atoms with Gasteiger partial charge in [-0.2, -0.15) is 0 Å². The van der Waals surface area contributed by atoms with Crippen LogP contribution in [-0.4, -0.2) is 48.1 Å². The van der Waals surface area contributed by atoms with E-state index < -0.39 is 0 Å². The zero-order chi connectivity index (χ0) is 20.9. The number of hydrogen-bond donors (Lipinski definition) is 0. The number of carbonyl (C=O) groups is 1. The van der Waals surface area contributed by atoms with Crippen molar-refractivity contribution in [2.75, 3.05) is 31.1 Å². The number of benzene rings is 2. The molecule has 0 atom stereocenters. The van der Waals surface area contributed by atoms with Crippen LogP contribution in [0.15, 0.2) is 65.2 Å². The summed E-state index contributed by atoms with van der Waals surface area (Å²) in [5.74, 6) is 0.649. The van der Waals surface area contributed by atoms with Crippen molar-refractivity contribution in [1.82, 2.24) is 9.88 Å². The predicted octanol–water partition coefficient (Wildman–Crippen LogP) is 4.23. The molecule has 2 heterocycles. The van der Waals surface area contributed by atoms with E-state index in [1.54, 1.807) is 6.20 Å². The minimum atomic E-state index is -0.384. The fourth-order valence-corrected chi connectivity index (χ4v) is 3.63. The summed E-state index contributed by atoms with van der Waals surface area (Å²) in [5, 5.41) is 0. The normalized spacial score (nSPS) is 14.8. The largest absolute Gasteiger partial charge is 0.452 e. The summed E-state index contributed by atoms with van der Waals surface area (Å²) >= 11 is 0. The van der Waals surface area contributed by atoms with E-state index in [0.717, 1.165) is 37.4 Å². The molecule has 0 aliphatic carbocycles. The highest BCUT2D eigenvalue weighted by atomic mass is 16.5. The highest BCUT2D eigenvalue weighted by Crippen LogP contribution is 2.21. The van der Waals surface area contributed by atoms with E-state index in [2.05, 4.69) is 28.6 Å². The third-order valence-corrected chi connectivity index (χ3v) is 5.45. The first-order chi connectivity index (χ1) is 14.6. The Morgan fingerprint density at radius 3 is 2.40 bits per heavy atom. The van der Waals surface area contributed by atoms with Gasteiger partial charge in [0.25, 0.3) is 0 Å². The number of rotatable bonds is 6. The molecule has 3 aromatic rings. The van der Waals surface area contributed by atoms with Gasteiger partial charge in [-0.05, 0) is 38.1 Å². The second kappa shape index (κ2) is 9.13. The Balaban J connectivity index is 1.31. The zero-order valence-electron chi connectivity index (χ0n) is 17.5. The average Bonchev–Trinajstić information content (AvgIpc) is 3.27. The molecule has 2 aromatic carbocycles. The lowest BCUT2D eigenvalue weighted by Crippen LogP contribution is -2.48.